The summed E-state index contributed by atoms with van der Waals surface area (Å²) in [5, 5.41) is 2.03. The number of benzene rings is 1. The molecule has 1 aromatic carbocycles. The van der Waals surface area contributed by atoms with Crippen LogP contribution in [0.25, 0.3) is 0 Å². The van der Waals surface area contributed by atoms with Gasteiger partial charge in [-0.05, 0) is 64.0 Å². The molecule has 0 saturated carbocycles. The van der Waals surface area contributed by atoms with Crippen molar-refractivity contribution in [3.63, 3.8) is 0 Å². The minimum absolute atomic E-state index is 0.0169. The van der Waals surface area contributed by atoms with Gasteiger partial charge in [-0.25, -0.2) is 22.9 Å². The molecule has 21 heteroatoms. The highest BCUT2D eigenvalue weighted by Gasteiger charge is 2.57. The Bertz CT molecular complexity index is 2030. The van der Waals surface area contributed by atoms with Gasteiger partial charge in [0.2, 0.25) is 12.2 Å². The Morgan fingerprint density at radius 3 is 2.36 bits per heavy atom. The minimum Gasteiger partial charge on any atom is -0.456 e. The van der Waals surface area contributed by atoms with E-state index in [2.05, 4.69) is 5.32 Å². The van der Waals surface area contributed by atoms with E-state index in [1.54, 1.807) is 20.8 Å². The molecule has 4 heterocycles. The zero-order valence-electron chi connectivity index (χ0n) is 33.8. The second-order valence-electron chi connectivity index (χ2n) is 15.8. The fourth-order valence-corrected chi connectivity index (χ4v) is 7.70. The first kappa shape index (κ1) is 44.6. The van der Waals surface area contributed by atoms with Crippen LogP contribution in [0.2, 0.25) is 18.1 Å². The Morgan fingerprint density at radius 1 is 1.07 bits per heavy atom. The lowest BCUT2D eigenvalue weighted by Crippen LogP contribution is -2.55. The molecule has 0 bridgehead atoms. The Balaban J connectivity index is 1.53. The van der Waals surface area contributed by atoms with Crippen molar-refractivity contribution in [1.29, 1.82) is 0 Å². The van der Waals surface area contributed by atoms with Gasteiger partial charge in [0.25, 0.3) is 11.5 Å². The van der Waals surface area contributed by atoms with Crippen LogP contribution >= 0.6 is 0 Å². The predicted molar refractivity (Wildman–Crippen MR) is 200 cm³/mol. The average molecular weight is 841 g/mol. The highest BCUT2D eigenvalue weighted by Crippen LogP contribution is 2.44. The summed E-state index contributed by atoms with van der Waals surface area (Å²) >= 11 is 0. The third-order valence-electron chi connectivity index (χ3n) is 10.2. The normalized spacial score (nSPS) is 26.5. The Kier molecular flexibility index (Phi) is 13.1. The number of nitrogens with zero attached hydrogens (tertiary/aromatic N) is 2. The van der Waals surface area contributed by atoms with Crippen LogP contribution < -0.4 is 22.3 Å². The molecule has 2 saturated heterocycles. The van der Waals surface area contributed by atoms with E-state index in [4.69, 9.17) is 48.1 Å². The maximum Gasteiger partial charge on any atom is 0.510 e. The summed E-state index contributed by atoms with van der Waals surface area (Å²) in [6, 6.07) is 3.82. The van der Waals surface area contributed by atoms with Crippen LogP contribution in [0.15, 0.2) is 51.9 Å². The molecule has 1 unspecified atom stereocenters. The van der Waals surface area contributed by atoms with Crippen molar-refractivity contribution in [2.75, 3.05) is 19.0 Å². The third kappa shape index (κ3) is 9.35. The molecule has 18 nitrogen and oxygen atoms in total. The van der Waals surface area contributed by atoms with Crippen molar-refractivity contribution in [2.24, 2.45) is 5.73 Å². The molecule has 5 rings (SSSR count). The number of nitrogens with one attached hydrogen (secondary N) is 1. The van der Waals surface area contributed by atoms with E-state index < -0.39 is 110 Å². The van der Waals surface area contributed by atoms with Crippen LogP contribution in [-0.2, 0) is 51.9 Å². The molecule has 2 fully saturated rings. The maximum absolute atomic E-state index is 14.1. The van der Waals surface area contributed by atoms with Gasteiger partial charge in [-0.1, -0.05) is 20.8 Å². The van der Waals surface area contributed by atoms with E-state index in [-0.39, 0.29) is 23.1 Å². The molecule has 1 aromatic heterocycles. The number of carbonyl (C=O) groups is 3. The fraction of sp³-hybridized carbons (Fsp3) is 0.595. The molecule has 3 aliphatic heterocycles. The van der Waals surface area contributed by atoms with Gasteiger partial charge >= 0.3 is 11.8 Å². The van der Waals surface area contributed by atoms with Crippen molar-refractivity contribution in [1.82, 2.24) is 9.13 Å². The van der Waals surface area contributed by atoms with E-state index in [1.807, 2.05) is 33.9 Å². The zero-order valence-corrected chi connectivity index (χ0v) is 34.8. The van der Waals surface area contributed by atoms with Gasteiger partial charge in [0, 0.05) is 31.1 Å². The number of hydrogen-bond acceptors (Lipinski definition) is 14. The standard InChI is InChI=1S/C37H50F2N4O14Si/c1-11-50-35(48)51-18(2)43-24(44)14-15-42(34(43)47)32-29(57-58(9,10)36(3,4)5)26(49-8)27(53-32)28(30(40)45)54-33-25-22(55-37(6,7)56-25)17-23(52-33)31(46)41-19-12-13-20(38)21(39)16-19/h12-18,22,25-29,32-33H,11H2,1-10H3,(H2,40,45)(H,41,46)/t18?,22-,25-,26+,27-,28+,29+,32+,33+/m0/s1. The summed E-state index contributed by atoms with van der Waals surface area (Å²) in [4.78, 5) is 66.1. The lowest BCUT2D eigenvalue weighted by Gasteiger charge is -2.40. The molecule has 0 spiro atoms. The average Bonchev–Trinajstić information content (AvgIpc) is 3.62. The largest absolute Gasteiger partial charge is 0.510 e. The van der Waals surface area contributed by atoms with Crippen LogP contribution in [0.4, 0.5) is 19.3 Å². The van der Waals surface area contributed by atoms with Gasteiger partial charge in [0.05, 0.1) is 6.61 Å². The maximum atomic E-state index is 14.1. The van der Waals surface area contributed by atoms with Gasteiger partial charge in [-0.2, -0.15) is 0 Å². The number of carbonyl (C=O) groups excluding carboxylic acids is 3. The van der Waals surface area contributed by atoms with Crippen LogP contribution in [0.3, 0.4) is 0 Å². The topological polar surface area (TPSA) is 216 Å². The first-order valence-electron chi connectivity index (χ1n) is 18.5. The van der Waals surface area contributed by atoms with Crippen molar-refractivity contribution in [2.45, 2.75) is 128 Å². The molecule has 58 heavy (non-hydrogen) atoms. The van der Waals surface area contributed by atoms with Crippen molar-refractivity contribution >= 4 is 32.0 Å². The number of anilines is 1. The number of halogens is 2. The quantitative estimate of drug-likeness (QED) is 0.218. The lowest BCUT2D eigenvalue weighted by molar-refractivity contribution is -0.241. The molecule has 9 atom stereocenters. The van der Waals surface area contributed by atoms with Crippen LogP contribution in [0, 0.1) is 11.6 Å². The van der Waals surface area contributed by atoms with Crippen LogP contribution in [0.5, 0.6) is 0 Å². The molecule has 3 aliphatic rings. The number of rotatable bonds is 13. The fourth-order valence-electron chi connectivity index (χ4n) is 6.41. The van der Waals surface area contributed by atoms with E-state index in [1.165, 1.54) is 26.3 Å². The number of fused-ring (bicyclic) bond motifs is 1. The first-order valence-corrected chi connectivity index (χ1v) is 21.4. The van der Waals surface area contributed by atoms with Gasteiger partial charge in [0.1, 0.15) is 24.4 Å². The van der Waals surface area contributed by atoms with Crippen molar-refractivity contribution in [3.8, 4) is 0 Å². The summed E-state index contributed by atoms with van der Waals surface area (Å²) < 4.78 is 82.7. The Hall–Kier alpha value is -4.51. The van der Waals surface area contributed by atoms with Gasteiger partial charge in [-0.15, -0.1) is 0 Å². The molecular formula is C37H50F2N4O14Si. The molecule has 0 aliphatic carbocycles. The van der Waals surface area contributed by atoms with Gasteiger partial charge in [0.15, 0.2) is 56.2 Å². The lowest BCUT2D eigenvalue weighted by atomic mass is 10.0. The molecule has 320 valence electrons. The van der Waals surface area contributed by atoms with Crippen molar-refractivity contribution < 1.29 is 65.5 Å². The summed E-state index contributed by atoms with van der Waals surface area (Å²) in [6.07, 6.45) is -10.6. The van der Waals surface area contributed by atoms with Gasteiger partial charge in [-0.3, -0.25) is 19.0 Å². The monoisotopic (exact) mass is 840 g/mol. The van der Waals surface area contributed by atoms with Crippen molar-refractivity contribution in [3.05, 3.63) is 74.8 Å². The molecule has 0 radical (unpaired) electrons. The summed E-state index contributed by atoms with van der Waals surface area (Å²) in [6.45, 7) is 15.9. The SMILES string of the molecule is CCOC(=O)OC(C)n1c(=O)ccn([C@@H]2O[C@H]([C@@H](O[C@H]3OC(C(=O)Nc4ccc(F)c(F)c4)=C[C@@H]4OC(C)(C)O[C@H]34)C(N)=O)[C@@H](OC)[C@H]2O[Si](C)(C)C(C)(C)C)c1=O. The smallest absolute Gasteiger partial charge is 0.456 e. The minimum atomic E-state index is -2.77. The second kappa shape index (κ2) is 17.0. The number of aromatic nitrogens is 2. The number of hydrogen-bond donors (Lipinski definition) is 2. The van der Waals surface area contributed by atoms with Crippen LogP contribution in [0.1, 0.15) is 60.9 Å². The molecular weight excluding hydrogens is 791 g/mol. The van der Waals surface area contributed by atoms with Gasteiger partial charge < -0.3 is 53.4 Å². The van der Waals surface area contributed by atoms with Crippen LogP contribution in [-0.4, -0.2) is 97.8 Å². The molecule has 2 aromatic rings. The highest BCUT2D eigenvalue weighted by atomic mass is 28.4. The first-order chi connectivity index (χ1) is 27.0. The second-order valence-corrected chi connectivity index (χ2v) is 20.5. The molecule has 3 N–H and O–H groups in total. The highest BCUT2D eigenvalue weighted by molar-refractivity contribution is 6.74. The number of primary amides is 1. The number of amides is 2. The Morgan fingerprint density at radius 2 is 1.76 bits per heavy atom. The summed E-state index contributed by atoms with van der Waals surface area (Å²) in [7, 11) is -1.44. The number of methoxy groups -OCH3 is 1. The number of ether oxygens (including phenoxy) is 8. The summed E-state index contributed by atoms with van der Waals surface area (Å²) in [5.41, 5.74) is 4.12. The van der Waals surface area contributed by atoms with E-state index in [9.17, 15) is 32.8 Å². The summed E-state index contributed by atoms with van der Waals surface area (Å²) in [5.74, 6) is -5.89. The predicted octanol–water partition coefficient (Wildman–Crippen LogP) is 3.55. The zero-order chi connectivity index (χ0) is 43.1. The van der Waals surface area contributed by atoms with E-state index in [0.717, 1.165) is 28.8 Å². The number of nitrogens with two attached hydrogens (primary N) is 1. The molecule has 2 amide bonds. The van der Waals surface area contributed by atoms with E-state index >= 15 is 0 Å². The Labute approximate surface area is 333 Å². The third-order valence-corrected chi connectivity index (χ3v) is 14.7. The van der Waals surface area contributed by atoms with E-state index in [0.29, 0.717) is 4.57 Å².